The Balaban J connectivity index is 2.26. The molecule has 1 heterocycles. The summed E-state index contributed by atoms with van der Waals surface area (Å²) in [5.41, 5.74) is 0.540. The molecule has 0 bridgehead atoms. The van der Waals surface area contributed by atoms with Gasteiger partial charge in [0, 0.05) is 13.1 Å². The molecule has 1 saturated heterocycles. The Hall–Kier alpha value is -1.71. The summed E-state index contributed by atoms with van der Waals surface area (Å²) in [5.74, 6) is 1.18. The van der Waals surface area contributed by atoms with Gasteiger partial charge in [0.15, 0.2) is 0 Å². The molecule has 1 aromatic carbocycles. The smallest absolute Gasteiger partial charge is 0.261 e. The third-order valence-corrected chi connectivity index (χ3v) is 3.78. The van der Waals surface area contributed by atoms with Crippen LogP contribution in [-0.4, -0.2) is 38.1 Å². The van der Waals surface area contributed by atoms with Gasteiger partial charge in [-0.3, -0.25) is 4.79 Å². The van der Waals surface area contributed by atoms with Crippen molar-refractivity contribution in [1.82, 2.24) is 4.90 Å². The molecule has 0 radical (unpaired) electrons. The zero-order valence-corrected chi connectivity index (χ0v) is 12.4. The molecule has 1 aliphatic rings. The minimum Gasteiger partial charge on any atom is -0.496 e. The maximum atomic E-state index is 12.8. The number of hydrogen-bond acceptors (Lipinski definition) is 3. The van der Waals surface area contributed by atoms with Crippen LogP contribution in [0, 0.1) is 0 Å². The van der Waals surface area contributed by atoms with Gasteiger partial charge >= 0.3 is 0 Å². The van der Waals surface area contributed by atoms with E-state index in [9.17, 15) is 4.79 Å². The Morgan fingerprint density at radius 3 is 1.95 bits per heavy atom. The number of methoxy groups -OCH3 is 2. The minimum absolute atomic E-state index is 0.0150. The van der Waals surface area contributed by atoms with Crippen LogP contribution in [0.15, 0.2) is 18.2 Å². The summed E-state index contributed by atoms with van der Waals surface area (Å²) < 4.78 is 10.7. The maximum absolute atomic E-state index is 12.8. The minimum atomic E-state index is 0.0150. The molecule has 0 unspecified atom stereocenters. The SMILES string of the molecule is COc1cccc(OC)c1C(=O)N1CCCCCCC1. The van der Waals surface area contributed by atoms with Crippen LogP contribution in [-0.2, 0) is 0 Å². The highest BCUT2D eigenvalue weighted by Crippen LogP contribution is 2.30. The van der Waals surface area contributed by atoms with Crippen LogP contribution in [0.2, 0.25) is 0 Å². The van der Waals surface area contributed by atoms with Crippen molar-refractivity contribution < 1.29 is 14.3 Å². The molecule has 1 aromatic rings. The van der Waals surface area contributed by atoms with E-state index in [1.165, 1.54) is 19.3 Å². The molecule has 0 aromatic heterocycles. The standard InChI is InChI=1S/C16H23NO3/c1-19-13-9-8-10-14(20-2)15(13)16(18)17-11-6-4-3-5-7-12-17/h8-10H,3-7,11-12H2,1-2H3. The number of hydrogen-bond donors (Lipinski definition) is 0. The van der Waals surface area contributed by atoms with E-state index < -0.39 is 0 Å². The predicted molar refractivity (Wildman–Crippen MR) is 78.5 cm³/mol. The van der Waals surface area contributed by atoms with E-state index in [0.29, 0.717) is 17.1 Å². The van der Waals surface area contributed by atoms with Gasteiger partial charge in [0.25, 0.3) is 5.91 Å². The Bertz CT molecular complexity index is 429. The lowest BCUT2D eigenvalue weighted by molar-refractivity contribution is 0.0735. The van der Waals surface area contributed by atoms with Crippen molar-refractivity contribution in [2.75, 3.05) is 27.3 Å². The van der Waals surface area contributed by atoms with E-state index >= 15 is 0 Å². The monoisotopic (exact) mass is 277 g/mol. The van der Waals surface area contributed by atoms with Gasteiger partial charge in [-0.1, -0.05) is 25.3 Å². The van der Waals surface area contributed by atoms with Crippen molar-refractivity contribution in [3.63, 3.8) is 0 Å². The number of rotatable bonds is 3. The van der Waals surface area contributed by atoms with E-state index in [4.69, 9.17) is 9.47 Å². The van der Waals surface area contributed by atoms with Crippen LogP contribution in [0.3, 0.4) is 0 Å². The van der Waals surface area contributed by atoms with Crippen molar-refractivity contribution in [1.29, 1.82) is 0 Å². The zero-order valence-electron chi connectivity index (χ0n) is 12.4. The van der Waals surface area contributed by atoms with Crippen LogP contribution < -0.4 is 9.47 Å². The predicted octanol–water partition coefficient (Wildman–Crippen LogP) is 3.11. The fourth-order valence-corrected chi connectivity index (χ4v) is 2.67. The van der Waals surface area contributed by atoms with Gasteiger partial charge in [0.05, 0.1) is 14.2 Å². The lowest BCUT2D eigenvalue weighted by Gasteiger charge is -2.26. The quantitative estimate of drug-likeness (QED) is 0.852. The second kappa shape index (κ2) is 7.17. The van der Waals surface area contributed by atoms with E-state index in [-0.39, 0.29) is 5.91 Å². The van der Waals surface area contributed by atoms with Gasteiger partial charge in [0.1, 0.15) is 17.1 Å². The molecule has 1 fully saturated rings. The molecule has 0 aliphatic carbocycles. The number of likely N-dealkylation sites (tertiary alicyclic amines) is 1. The molecular formula is C16H23NO3. The number of carbonyl (C=O) groups is 1. The first-order valence-corrected chi connectivity index (χ1v) is 7.28. The van der Waals surface area contributed by atoms with Crippen LogP contribution in [0.25, 0.3) is 0 Å². The lowest BCUT2D eigenvalue weighted by Crippen LogP contribution is -2.34. The Kier molecular flexibility index (Phi) is 5.27. The zero-order chi connectivity index (χ0) is 14.4. The number of nitrogens with zero attached hydrogens (tertiary/aromatic N) is 1. The summed E-state index contributed by atoms with van der Waals surface area (Å²) in [5, 5.41) is 0. The van der Waals surface area contributed by atoms with Crippen LogP contribution >= 0.6 is 0 Å². The van der Waals surface area contributed by atoms with E-state index in [0.717, 1.165) is 25.9 Å². The summed E-state index contributed by atoms with van der Waals surface area (Å²) >= 11 is 0. The number of ether oxygens (including phenoxy) is 2. The molecule has 110 valence electrons. The third-order valence-electron chi connectivity index (χ3n) is 3.78. The summed E-state index contributed by atoms with van der Waals surface area (Å²) in [6.45, 7) is 1.64. The highest BCUT2D eigenvalue weighted by Gasteiger charge is 2.23. The molecule has 4 nitrogen and oxygen atoms in total. The van der Waals surface area contributed by atoms with Crippen molar-refractivity contribution in [3.05, 3.63) is 23.8 Å². The fourth-order valence-electron chi connectivity index (χ4n) is 2.67. The van der Waals surface area contributed by atoms with Crippen LogP contribution in [0.4, 0.5) is 0 Å². The lowest BCUT2D eigenvalue weighted by atomic mass is 10.1. The van der Waals surface area contributed by atoms with E-state index in [2.05, 4.69) is 0 Å². The first-order valence-electron chi connectivity index (χ1n) is 7.28. The van der Waals surface area contributed by atoms with Gasteiger partial charge in [-0.2, -0.15) is 0 Å². The van der Waals surface area contributed by atoms with Crippen molar-refractivity contribution in [2.45, 2.75) is 32.1 Å². The van der Waals surface area contributed by atoms with Gasteiger partial charge in [0.2, 0.25) is 0 Å². The van der Waals surface area contributed by atoms with Crippen LogP contribution in [0.1, 0.15) is 42.5 Å². The molecule has 0 saturated carbocycles. The van der Waals surface area contributed by atoms with E-state index in [1.54, 1.807) is 26.4 Å². The van der Waals surface area contributed by atoms with Crippen molar-refractivity contribution in [2.24, 2.45) is 0 Å². The topological polar surface area (TPSA) is 38.8 Å². The molecular weight excluding hydrogens is 254 g/mol. The van der Waals surface area contributed by atoms with Crippen molar-refractivity contribution >= 4 is 5.91 Å². The van der Waals surface area contributed by atoms with Crippen molar-refractivity contribution in [3.8, 4) is 11.5 Å². The maximum Gasteiger partial charge on any atom is 0.261 e. The molecule has 1 aliphatic heterocycles. The van der Waals surface area contributed by atoms with E-state index in [1.807, 2.05) is 11.0 Å². The van der Waals surface area contributed by atoms with Gasteiger partial charge < -0.3 is 14.4 Å². The second-order valence-electron chi connectivity index (χ2n) is 5.10. The second-order valence-corrected chi connectivity index (χ2v) is 5.10. The summed E-state index contributed by atoms with van der Waals surface area (Å²) in [7, 11) is 3.16. The molecule has 0 atom stereocenters. The molecule has 4 heteroatoms. The average Bonchev–Trinajstić information content (AvgIpc) is 2.45. The summed E-state index contributed by atoms with van der Waals surface area (Å²) in [6.07, 6.45) is 5.83. The van der Waals surface area contributed by atoms with Crippen LogP contribution in [0.5, 0.6) is 11.5 Å². The highest BCUT2D eigenvalue weighted by molar-refractivity contribution is 5.99. The highest BCUT2D eigenvalue weighted by atomic mass is 16.5. The largest absolute Gasteiger partial charge is 0.496 e. The fraction of sp³-hybridized carbons (Fsp3) is 0.562. The molecule has 0 spiro atoms. The third kappa shape index (κ3) is 3.24. The molecule has 0 N–H and O–H groups in total. The van der Waals surface area contributed by atoms with Gasteiger partial charge in [-0.05, 0) is 25.0 Å². The van der Waals surface area contributed by atoms with Gasteiger partial charge in [-0.25, -0.2) is 0 Å². The Labute approximate surface area is 120 Å². The Morgan fingerprint density at radius 2 is 1.45 bits per heavy atom. The number of amides is 1. The summed E-state index contributed by atoms with van der Waals surface area (Å²) in [4.78, 5) is 14.7. The first-order chi connectivity index (χ1) is 9.77. The number of benzene rings is 1. The molecule has 1 amide bonds. The normalized spacial score (nSPS) is 16.2. The Morgan fingerprint density at radius 1 is 0.950 bits per heavy atom. The molecule has 20 heavy (non-hydrogen) atoms. The summed E-state index contributed by atoms with van der Waals surface area (Å²) in [6, 6.07) is 5.45. The molecule has 2 rings (SSSR count). The average molecular weight is 277 g/mol. The number of carbonyl (C=O) groups excluding carboxylic acids is 1. The van der Waals surface area contributed by atoms with Gasteiger partial charge in [-0.15, -0.1) is 0 Å². The first kappa shape index (κ1) is 14.7.